The predicted octanol–water partition coefficient (Wildman–Crippen LogP) is -1.14. The Bertz CT molecular complexity index is 1220. The number of carbonyl (C=O) groups is 3. The number of aliphatic hydroxyl groups excluding tert-OH is 1. The van der Waals surface area contributed by atoms with Gasteiger partial charge in [-0.1, -0.05) is 13.3 Å². The Morgan fingerprint density at radius 1 is 1.20 bits per heavy atom. The van der Waals surface area contributed by atoms with E-state index in [1.807, 2.05) is 6.92 Å². The molecule has 0 aromatic carbocycles. The zero-order valence-electron chi connectivity index (χ0n) is 23.0. The molecule has 18 nitrogen and oxygen atoms in total. The van der Waals surface area contributed by atoms with Crippen LogP contribution in [-0.4, -0.2) is 96.4 Å². The van der Waals surface area contributed by atoms with Crippen LogP contribution in [0.5, 0.6) is 0 Å². The third-order valence-electron chi connectivity index (χ3n) is 6.14. The Morgan fingerprint density at radius 2 is 1.85 bits per heavy atom. The van der Waals surface area contributed by atoms with Gasteiger partial charge in [0.1, 0.15) is 24.5 Å². The Labute approximate surface area is 234 Å². The minimum atomic E-state index is -4.43. The van der Waals surface area contributed by atoms with Gasteiger partial charge in [-0.3, -0.25) is 28.2 Å². The first-order valence-corrected chi connectivity index (χ1v) is 14.0. The molecule has 6 N–H and O–H groups in total. The highest BCUT2D eigenvalue weighted by molar-refractivity contribution is 7.47. The maximum Gasteiger partial charge on any atom is 0.472 e. The summed E-state index contributed by atoms with van der Waals surface area (Å²) in [4.78, 5) is 73.4. The minimum Gasteiger partial charge on any atom is -0.453 e. The molecule has 6 atom stereocenters. The highest BCUT2D eigenvalue weighted by Crippen LogP contribution is 2.47. The largest absolute Gasteiger partial charge is 0.472 e. The lowest BCUT2D eigenvalue weighted by atomic mass is 10.0. The van der Waals surface area contributed by atoms with Gasteiger partial charge in [0.25, 0.3) is 5.56 Å². The number of amides is 3. The Kier molecular flexibility index (Phi) is 12.9. The summed E-state index contributed by atoms with van der Waals surface area (Å²) in [6, 6.07) is -2.10. The van der Waals surface area contributed by atoms with Gasteiger partial charge in [0.15, 0.2) is 0 Å². The summed E-state index contributed by atoms with van der Waals surface area (Å²) in [5, 5.41) is 17.0. The van der Waals surface area contributed by atoms with E-state index in [0.717, 1.165) is 25.9 Å². The van der Waals surface area contributed by atoms with Crippen molar-refractivity contribution in [2.24, 2.45) is 0 Å². The summed E-state index contributed by atoms with van der Waals surface area (Å²) in [6.45, 7) is 1.10. The molecule has 2 heterocycles. The van der Waals surface area contributed by atoms with Gasteiger partial charge in [-0.05, 0) is 12.8 Å². The average molecular weight is 610 g/mol. The van der Waals surface area contributed by atoms with E-state index in [-0.39, 0.29) is 24.9 Å². The number of ether oxygens (including phenoxy) is 3. The van der Waals surface area contributed by atoms with Crippen molar-refractivity contribution in [3.63, 3.8) is 0 Å². The van der Waals surface area contributed by atoms with Crippen LogP contribution in [-0.2, 0) is 39.0 Å². The van der Waals surface area contributed by atoms with Crippen LogP contribution in [0.15, 0.2) is 15.8 Å². The molecule has 0 saturated carbocycles. The second-order valence-corrected chi connectivity index (χ2v) is 10.4. The molecule has 2 rings (SSSR count). The molecule has 19 heteroatoms. The molecule has 3 unspecified atom stereocenters. The highest BCUT2D eigenvalue weighted by Gasteiger charge is 2.41. The number of carbonyl (C=O) groups excluding carboxylic acids is 3. The van der Waals surface area contributed by atoms with Crippen LogP contribution in [0.4, 0.5) is 9.59 Å². The number of H-pyrrole nitrogens is 1. The molecular weight excluding hydrogens is 573 g/mol. The number of alkyl carbamates (subject to hydrolysis) is 2. The first-order chi connectivity index (χ1) is 19.4. The van der Waals surface area contributed by atoms with Gasteiger partial charge in [0, 0.05) is 31.8 Å². The van der Waals surface area contributed by atoms with Crippen molar-refractivity contribution >= 4 is 25.9 Å². The number of hydrogen-bond acceptors (Lipinski definition) is 12. The van der Waals surface area contributed by atoms with Crippen molar-refractivity contribution in [2.75, 3.05) is 34.5 Å². The average Bonchev–Trinajstić information content (AvgIpc) is 3.33. The molecule has 1 saturated heterocycles. The third-order valence-corrected chi connectivity index (χ3v) is 7.14. The number of hydrogen-bond donors (Lipinski definition) is 6. The molecule has 0 bridgehead atoms. The molecular formula is C22H36N5O13P. The second-order valence-electron chi connectivity index (χ2n) is 8.85. The Morgan fingerprint density at radius 3 is 2.44 bits per heavy atom. The van der Waals surface area contributed by atoms with Crippen molar-refractivity contribution in [3.05, 3.63) is 32.6 Å². The van der Waals surface area contributed by atoms with Gasteiger partial charge in [0.05, 0.1) is 26.9 Å². The lowest BCUT2D eigenvalue weighted by Crippen LogP contribution is -2.58. The minimum absolute atomic E-state index is 0.0680. The zero-order valence-corrected chi connectivity index (χ0v) is 23.9. The molecule has 0 spiro atoms. The molecule has 1 aliphatic rings. The van der Waals surface area contributed by atoms with E-state index in [1.54, 1.807) is 0 Å². The monoisotopic (exact) mass is 609 g/mol. The molecule has 1 fully saturated rings. The Balaban J connectivity index is 2.18. The van der Waals surface area contributed by atoms with Crippen molar-refractivity contribution < 1.29 is 52.2 Å². The molecule has 1 aliphatic heterocycles. The number of aromatic amines is 1. The summed E-state index contributed by atoms with van der Waals surface area (Å²) in [7, 11) is -1.20. The second kappa shape index (κ2) is 15.6. The predicted molar refractivity (Wildman–Crippen MR) is 139 cm³/mol. The van der Waals surface area contributed by atoms with Gasteiger partial charge in [0.2, 0.25) is 5.91 Å². The first kappa shape index (κ1) is 33.9. The number of nitrogens with one attached hydrogen (secondary N) is 4. The van der Waals surface area contributed by atoms with Gasteiger partial charge < -0.3 is 40.2 Å². The van der Waals surface area contributed by atoms with Crippen LogP contribution in [0.2, 0.25) is 0 Å². The molecule has 3 amide bonds. The smallest absolute Gasteiger partial charge is 0.453 e. The van der Waals surface area contributed by atoms with Crippen LogP contribution in [0.25, 0.3) is 0 Å². The fourth-order valence-electron chi connectivity index (χ4n) is 4.09. The van der Waals surface area contributed by atoms with Crippen LogP contribution < -0.4 is 27.2 Å². The number of rotatable bonds is 14. The van der Waals surface area contributed by atoms with E-state index in [1.165, 1.54) is 6.20 Å². The van der Waals surface area contributed by atoms with E-state index >= 15 is 0 Å². The van der Waals surface area contributed by atoms with Crippen molar-refractivity contribution in [3.8, 4) is 0 Å². The number of aliphatic hydroxyl groups is 1. The zero-order chi connectivity index (χ0) is 30.7. The number of aromatic nitrogens is 2. The lowest BCUT2D eigenvalue weighted by molar-refractivity contribution is -0.123. The van der Waals surface area contributed by atoms with Crippen LogP contribution in [0.1, 0.15) is 38.0 Å². The SMILES string of the molecule is CCCC(NC(=O)OC)C(NC(=O)OC)C(=O)NCCc1cn([C@@H]2C[C@H](OP(=O)(O)OC)[C@H](CO)O2)c(=O)[nH]c1=O. The van der Waals surface area contributed by atoms with Gasteiger partial charge in [-0.2, -0.15) is 0 Å². The topological polar surface area (TPSA) is 246 Å². The third kappa shape index (κ3) is 9.65. The quantitative estimate of drug-likeness (QED) is 0.137. The lowest BCUT2D eigenvalue weighted by Gasteiger charge is -2.27. The molecule has 41 heavy (non-hydrogen) atoms. The highest BCUT2D eigenvalue weighted by atomic mass is 31.2. The van der Waals surface area contributed by atoms with Crippen molar-refractivity contribution in [1.29, 1.82) is 0 Å². The van der Waals surface area contributed by atoms with E-state index in [0.29, 0.717) is 12.8 Å². The van der Waals surface area contributed by atoms with Crippen LogP contribution >= 0.6 is 7.82 Å². The van der Waals surface area contributed by atoms with Crippen molar-refractivity contribution in [2.45, 2.75) is 63.1 Å². The van der Waals surface area contributed by atoms with Gasteiger partial charge in [-0.15, -0.1) is 0 Å². The van der Waals surface area contributed by atoms with E-state index in [9.17, 15) is 38.5 Å². The summed E-state index contributed by atoms with van der Waals surface area (Å²) in [5.41, 5.74) is -1.51. The summed E-state index contributed by atoms with van der Waals surface area (Å²) in [5.74, 6) is -0.688. The molecule has 232 valence electrons. The summed E-state index contributed by atoms with van der Waals surface area (Å²) >= 11 is 0. The first-order valence-electron chi connectivity index (χ1n) is 12.5. The fourth-order valence-corrected chi connectivity index (χ4v) is 4.74. The standard InChI is InChI=1S/C22H36N5O13P/c1-5-6-13(24-21(32)36-2)17(25-22(33)37-3)19(30)23-8-7-12-10-27(20(31)26-18(12)29)16-9-14(15(11-28)39-16)40-41(34,35)38-4/h10,13-17,28H,5-9,11H2,1-4H3,(H,23,30)(H,24,32)(H,25,33)(H,34,35)(H,26,29,31)/t13?,14-,15-,16-,17?/m0/s1. The number of nitrogens with zero attached hydrogens (tertiary/aromatic N) is 1. The van der Waals surface area contributed by atoms with Crippen LogP contribution in [0, 0.1) is 0 Å². The van der Waals surface area contributed by atoms with Gasteiger partial charge in [-0.25, -0.2) is 18.9 Å². The normalized spacial score (nSPS) is 21.3. The summed E-state index contributed by atoms with van der Waals surface area (Å²) in [6.07, 6.45) is -3.10. The maximum atomic E-state index is 13.0. The van der Waals surface area contributed by atoms with Crippen LogP contribution in [0.3, 0.4) is 0 Å². The molecule has 0 aliphatic carbocycles. The molecule has 0 radical (unpaired) electrons. The maximum absolute atomic E-state index is 13.0. The fraction of sp³-hybridized carbons (Fsp3) is 0.682. The number of phosphoric acid groups is 1. The van der Waals surface area contributed by atoms with E-state index in [4.69, 9.17) is 9.26 Å². The number of methoxy groups -OCH3 is 2. The summed E-state index contributed by atoms with van der Waals surface area (Å²) < 4.78 is 37.0. The van der Waals surface area contributed by atoms with E-state index in [2.05, 4.69) is 34.9 Å². The Hall–Kier alpha value is -3.28. The van der Waals surface area contributed by atoms with E-state index < -0.39 is 74.3 Å². The molecule has 1 aromatic heterocycles. The van der Waals surface area contributed by atoms with Crippen molar-refractivity contribution in [1.82, 2.24) is 25.5 Å². The number of phosphoric ester groups is 1. The molecule has 1 aromatic rings. The van der Waals surface area contributed by atoms with Gasteiger partial charge >= 0.3 is 25.7 Å².